The molecule has 2 aromatic heterocycles. The quantitative estimate of drug-likeness (QED) is 0.323. The second-order valence-electron chi connectivity index (χ2n) is 5.85. The first kappa shape index (κ1) is 19.0. The van der Waals surface area contributed by atoms with Gasteiger partial charge in [-0.1, -0.05) is 0 Å². The minimum Gasteiger partial charge on any atom is -0.491 e. The van der Waals surface area contributed by atoms with Crippen LogP contribution in [0.15, 0.2) is 48.8 Å². The van der Waals surface area contributed by atoms with Crippen molar-refractivity contribution in [3.8, 4) is 23.1 Å². The van der Waals surface area contributed by atoms with Crippen molar-refractivity contribution in [2.75, 3.05) is 18.5 Å². The number of carbonyl (C=O) groups excluding carboxylic acids is 1. The summed E-state index contributed by atoms with van der Waals surface area (Å²) in [5.74, 6) is 5.61. The number of carbonyl (C=O) groups is 1. The summed E-state index contributed by atoms with van der Waals surface area (Å²) >= 11 is 0. The minimum atomic E-state index is -0.325. The molecule has 3 aromatic rings. The number of aromatic nitrogens is 3. The number of pyridine rings is 1. The highest BCUT2D eigenvalue weighted by Gasteiger charge is 2.13. The number of hydrogen-bond acceptors (Lipinski definition) is 7. The second kappa shape index (κ2) is 8.77. The van der Waals surface area contributed by atoms with Crippen molar-refractivity contribution in [2.45, 2.75) is 0 Å². The topological polar surface area (TPSA) is 131 Å². The van der Waals surface area contributed by atoms with Gasteiger partial charge < -0.3 is 10.1 Å². The number of rotatable bonds is 7. The van der Waals surface area contributed by atoms with Crippen LogP contribution >= 0.6 is 0 Å². The Morgan fingerprint density at radius 2 is 2.18 bits per heavy atom. The van der Waals surface area contributed by atoms with E-state index < -0.39 is 0 Å². The predicted molar refractivity (Wildman–Crippen MR) is 103 cm³/mol. The molecule has 0 bridgehead atoms. The largest absolute Gasteiger partial charge is 0.491 e. The number of aryl methyl sites for hydroxylation is 1. The number of nitrogens with two attached hydrogens (primary N) is 1. The van der Waals surface area contributed by atoms with E-state index in [1.54, 1.807) is 29.1 Å². The molecule has 0 aliphatic heterocycles. The fraction of sp³-hybridized carbons (Fsp3) is 0.158. The van der Waals surface area contributed by atoms with Gasteiger partial charge in [0.05, 0.1) is 11.3 Å². The third kappa shape index (κ3) is 4.32. The number of hydrazine groups is 1. The molecular formula is C19H19N7O2. The normalized spacial score (nSPS) is 10.3. The van der Waals surface area contributed by atoms with Gasteiger partial charge in [-0.05, 0) is 36.4 Å². The molecule has 142 valence electrons. The van der Waals surface area contributed by atoms with Gasteiger partial charge >= 0.3 is 0 Å². The number of nitriles is 1. The van der Waals surface area contributed by atoms with E-state index in [1.807, 2.05) is 25.2 Å². The highest BCUT2D eigenvalue weighted by molar-refractivity contribution is 6.04. The standard InChI is InChI=1S/C19H19N7O2/c1-26-17(6-7-24-26)16-10-14(4-5-18(16)28-9-8-23-21)25-19(27)13-2-3-15(11-20)22-12-13/h2-7,10,12,23H,8-9,21H2,1H3,(H,25,27). The summed E-state index contributed by atoms with van der Waals surface area (Å²) in [4.78, 5) is 16.4. The Balaban J connectivity index is 1.86. The van der Waals surface area contributed by atoms with Gasteiger partial charge in [-0.25, -0.2) is 4.98 Å². The molecule has 0 saturated carbocycles. The van der Waals surface area contributed by atoms with Crippen molar-refractivity contribution in [3.63, 3.8) is 0 Å². The first-order valence-electron chi connectivity index (χ1n) is 8.48. The Hall–Kier alpha value is -3.74. The zero-order valence-electron chi connectivity index (χ0n) is 15.2. The summed E-state index contributed by atoms with van der Waals surface area (Å²) in [6.45, 7) is 0.888. The molecule has 0 atom stereocenters. The van der Waals surface area contributed by atoms with Gasteiger partial charge in [0.25, 0.3) is 5.91 Å². The Kier molecular flexibility index (Phi) is 5.96. The molecule has 1 amide bonds. The van der Waals surface area contributed by atoms with Crippen molar-refractivity contribution in [3.05, 3.63) is 60.0 Å². The zero-order chi connectivity index (χ0) is 19.9. The Morgan fingerprint density at radius 1 is 1.32 bits per heavy atom. The maximum absolute atomic E-state index is 12.5. The molecule has 0 aliphatic rings. The molecule has 9 nitrogen and oxygen atoms in total. The summed E-state index contributed by atoms with van der Waals surface area (Å²) in [5.41, 5.74) is 5.37. The van der Waals surface area contributed by atoms with Gasteiger partial charge in [0.1, 0.15) is 24.1 Å². The lowest BCUT2D eigenvalue weighted by atomic mass is 10.1. The van der Waals surface area contributed by atoms with Crippen molar-refractivity contribution in [2.24, 2.45) is 12.9 Å². The lowest BCUT2D eigenvalue weighted by molar-refractivity contribution is 0.102. The van der Waals surface area contributed by atoms with E-state index in [2.05, 4.69) is 20.8 Å². The fourth-order valence-corrected chi connectivity index (χ4v) is 2.59. The number of benzene rings is 1. The van der Waals surface area contributed by atoms with Crippen molar-refractivity contribution < 1.29 is 9.53 Å². The predicted octanol–water partition coefficient (Wildman–Crippen LogP) is 1.45. The zero-order valence-corrected chi connectivity index (χ0v) is 15.2. The number of amides is 1. The monoisotopic (exact) mass is 377 g/mol. The molecule has 0 fully saturated rings. The average Bonchev–Trinajstić information content (AvgIpc) is 3.15. The molecule has 4 N–H and O–H groups in total. The first-order valence-corrected chi connectivity index (χ1v) is 8.48. The maximum Gasteiger partial charge on any atom is 0.257 e. The smallest absolute Gasteiger partial charge is 0.257 e. The lowest BCUT2D eigenvalue weighted by Crippen LogP contribution is -2.27. The third-order valence-electron chi connectivity index (χ3n) is 3.98. The molecule has 3 rings (SSSR count). The summed E-state index contributed by atoms with van der Waals surface area (Å²) in [7, 11) is 1.83. The molecule has 0 radical (unpaired) electrons. The lowest BCUT2D eigenvalue weighted by Gasteiger charge is -2.14. The second-order valence-corrected chi connectivity index (χ2v) is 5.85. The molecule has 9 heteroatoms. The Bertz CT molecular complexity index is 1010. The van der Waals surface area contributed by atoms with E-state index >= 15 is 0 Å². The Morgan fingerprint density at radius 3 is 2.82 bits per heavy atom. The van der Waals surface area contributed by atoms with E-state index in [-0.39, 0.29) is 11.6 Å². The summed E-state index contributed by atoms with van der Waals surface area (Å²) in [6.07, 6.45) is 3.06. The molecule has 0 aliphatic carbocycles. The van der Waals surface area contributed by atoms with Crippen LogP contribution in [0, 0.1) is 11.3 Å². The summed E-state index contributed by atoms with van der Waals surface area (Å²) in [5, 5.41) is 15.8. The molecule has 0 spiro atoms. The third-order valence-corrected chi connectivity index (χ3v) is 3.98. The highest BCUT2D eigenvalue weighted by Crippen LogP contribution is 2.32. The Labute approximate surface area is 161 Å². The molecular weight excluding hydrogens is 358 g/mol. The molecule has 1 aromatic carbocycles. The SMILES string of the molecule is Cn1nccc1-c1cc(NC(=O)c2ccc(C#N)nc2)ccc1OCCNN. The van der Waals surface area contributed by atoms with Crippen LogP contribution in [-0.2, 0) is 7.05 Å². The molecule has 0 saturated heterocycles. The van der Waals surface area contributed by atoms with Crippen LogP contribution in [0.2, 0.25) is 0 Å². The average molecular weight is 377 g/mol. The molecule has 2 heterocycles. The molecule has 28 heavy (non-hydrogen) atoms. The summed E-state index contributed by atoms with van der Waals surface area (Å²) < 4.78 is 7.51. The minimum absolute atomic E-state index is 0.253. The number of hydrogen-bond donors (Lipinski definition) is 3. The van der Waals surface area contributed by atoms with Gasteiger partial charge in [0, 0.05) is 37.2 Å². The number of ether oxygens (including phenoxy) is 1. The van der Waals surface area contributed by atoms with Crippen molar-refractivity contribution in [1.82, 2.24) is 20.2 Å². The van der Waals surface area contributed by atoms with Gasteiger partial charge in [-0.3, -0.25) is 20.7 Å². The number of nitrogens with zero attached hydrogens (tertiary/aromatic N) is 4. The van der Waals surface area contributed by atoms with Crippen LogP contribution in [-0.4, -0.2) is 33.8 Å². The van der Waals surface area contributed by atoms with Gasteiger partial charge in [0.2, 0.25) is 0 Å². The van der Waals surface area contributed by atoms with Crippen LogP contribution in [0.1, 0.15) is 16.1 Å². The number of nitrogens with one attached hydrogen (secondary N) is 2. The molecule has 0 unspecified atom stereocenters. The highest BCUT2D eigenvalue weighted by atomic mass is 16.5. The number of anilines is 1. The van der Waals surface area contributed by atoms with Crippen LogP contribution in [0.5, 0.6) is 5.75 Å². The van der Waals surface area contributed by atoms with Gasteiger partial charge in [-0.2, -0.15) is 10.4 Å². The van der Waals surface area contributed by atoms with E-state index in [9.17, 15) is 4.79 Å². The summed E-state index contributed by atoms with van der Waals surface area (Å²) in [6, 6.07) is 12.2. The van der Waals surface area contributed by atoms with Crippen LogP contribution < -0.4 is 21.3 Å². The van der Waals surface area contributed by atoms with E-state index in [4.69, 9.17) is 15.8 Å². The van der Waals surface area contributed by atoms with E-state index in [0.717, 1.165) is 11.3 Å². The van der Waals surface area contributed by atoms with Crippen LogP contribution in [0.3, 0.4) is 0 Å². The van der Waals surface area contributed by atoms with Gasteiger partial charge in [0.15, 0.2) is 0 Å². The fourth-order valence-electron chi connectivity index (χ4n) is 2.59. The van der Waals surface area contributed by atoms with Crippen molar-refractivity contribution >= 4 is 11.6 Å². The van der Waals surface area contributed by atoms with Crippen LogP contribution in [0.25, 0.3) is 11.3 Å². The van der Waals surface area contributed by atoms with Crippen molar-refractivity contribution in [1.29, 1.82) is 5.26 Å². The first-order chi connectivity index (χ1) is 13.6. The van der Waals surface area contributed by atoms with Crippen LogP contribution in [0.4, 0.5) is 5.69 Å². The van der Waals surface area contributed by atoms with E-state index in [0.29, 0.717) is 30.2 Å². The van der Waals surface area contributed by atoms with E-state index in [1.165, 1.54) is 12.3 Å². The van der Waals surface area contributed by atoms with Gasteiger partial charge in [-0.15, -0.1) is 0 Å². The maximum atomic E-state index is 12.5.